The van der Waals surface area contributed by atoms with E-state index in [1.54, 1.807) is 23.1 Å². The van der Waals surface area contributed by atoms with Gasteiger partial charge < -0.3 is 24.4 Å². The van der Waals surface area contributed by atoms with Crippen molar-refractivity contribution in [2.24, 2.45) is 0 Å². The minimum atomic E-state index is -0.262. The first-order chi connectivity index (χ1) is 15.1. The third-order valence-electron chi connectivity index (χ3n) is 5.41. The SMILES string of the molecule is COc1cc(Cl)ccc1C(=O)NCCn1nc(C(=O)N2CCOCC2)c2c1CCOC2. The van der Waals surface area contributed by atoms with Crippen LogP contribution in [0.1, 0.15) is 32.1 Å². The van der Waals surface area contributed by atoms with Gasteiger partial charge in [-0.1, -0.05) is 11.6 Å². The van der Waals surface area contributed by atoms with Crippen LogP contribution in [0, 0.1) is 0 Å². The molecular formula is C21H25ClN4O5. The quantitative estimate of drug-likeness (QED) is 0.720. The molecule has 2 aromatic rings. The summed E-state index contributed by atoms with van der Waals surface area (Å²) in [7, 11) is 1.49. The minimum Gasteiger partial charge on any atom is -0.496 e. The van der Waals surface area contributed by atoms with Gasteiger partial charge in [0.15, 0.2) is 5.69 Å². The summed E-state index contributed by atoms with van der Waals surface area (Å²) in [6, 6.07) is 4.87. The third kappa shape index (κ3) is 4.68. The highest BCUT2D eigenvalue weighted by Gasteiger charge is 2.29. The number of morpholine rings is 1. The lowest BCUT2D eigenvalue weighted by Gasteiger charge is -2.26. The molecule has 2 aliphatic rings. The van der Waals surface area contributed by atoms with Crippen LogP contribution in [-0.2, 0) is 29.0 Å². The molecule has 0 saturated carbocycles. The van der Waals surface area contributed by atoms with Crippen LogP contribution in [0.15, 0.2) is 18.2 Å². The number of fused-ring (bicyclic) bond motifs is 1. The fourth-order valence-corrected chi connectivity index (χ4v) is 3.97. The summed E-state index contributed by atoms with van der Waals surface area (Å²) in [6.45, 7) is 3.93. The monoisotopic (exact) mass is 448 g/mol. The van der Waals surface area contributed by atoms with Crippen molar-refractivity contribution in [3.05, 3.63) is 45.7 Å². The van der Waals surface area contributed by atoms with E-state index in [2.05, 4.69) is 10.4 Å². The van der Waals surface area contributed by atoms with Gasteiger partial charge in [0.2, 0.25) is 0 Å². The van der Waals surface area contributed by atoms with E-state index >= 15 is 0 Å². The number of ether oxygens (including phenoxy) is 3. The first kappa shape index (κ1) is 21.6. The number of amides is 2. The Kier molecular flexibility index (Phi) is 6.74. The van der Waals surface area contributed by atoms with Gasteiger partial charge in [0.1, 0.15) is 5.75 Å². The molecule has 0 aliphatic carbocycles. The summed E-state index contributed by atoms with van der Waals surface area (Å²) in [5, 5.41) is 7.97. The molecular weight excluding hydrogens is 424 g/mol. The molecule has 31 heavy (non-hydrogen) atoms. The number of benzene rings is 1. The van der Waals surface area contributed by atoms with Crippen molar-refractivity contribution >= 4 is 23.4 Å². The van der Waals surface area contributed by atoms with Crippen molar-refractivity contribution in [3.63, 3.8) is 0 Å². The van der Waals surface area contributed by atoms with E-state index in [1.165, 1.54) is 7.11 Å². The van der Waals surface area contributed by atoms with Gasteiger partial charge in [-0.2, -0.15) is 5.10 Å². The smallest absolute Gasteiger partial charge is 0.274 e. The van der Waals surface area contributed by atoms with Gasteiger partial charge in [-0.3, -0.25) is 14.3 Å². The van der Waals surface area contributed by atoms with Crippen molar-refractivity contribution in [2.45, 2.75) is 19.6 Å². The molecule has 2 amide bonds. The van der Waals surface area contributed by atoms with Crippen LogP contribution in [0.25, 0.3) is 0 Å². The van der Waals surface area contributed by atoms with E-state index in [0.717, 1.165) is 11.3 Å². The maximum absolute atomic E-state index is 13.0. The summed E-state index contributed by atoms with van der Waals surface area (Å²) in [5.41, 5.74) is 2.67. The molecule has 2 aliphatic heterocycles. The Morgan fingerprint density at radius 3 is 2.81 bits per heavy atom. The Morgan fingerprint density at radius 1 is 1.23 bits per heavy atom. The fraction of sp³-hybridized carbons (Fsp3) is 0.476. The topological polar surface area (TPSA) is 94.9 Å². The normalized spacial score (nSPS) is 16.0. The van der Waals surface area contributed by atoms with Crippen LogP contribution in [0.2, 0.25) is 5.02 Å². The number of halogens is 1. The molecule has 1 aromatic heterocycles. The van der Waals surface area contributed by atoms with Gasteiger partial charge in [0.25, 0.3) is 11.8 Å². The number of methoxy groups -OCH3 is 1. The number of aromatic nitrogens is 2. The number of nitrogens with one attached hydrogen (secondary N) is 1. The van der Waals surface area contributed by atoms with Crippen molar-refractivity contribution in [3.8, 4) is 5.75 Å². The number of nitrogens with zero attached hydrogens (tertiary/aromatic N) is 3. The zero-order chi connectivity index (χ0) is 21.8. The Hall–Kier alpha value is -2.62. The molecule has 1 N–H and O–H groups in total. The number of carbonyl (C=O) groups is 2. The first-order valence-electron chi connectivity index (χ1n) is 10.2. The number of hydrogen-bond acceptors (Lipinski definition) is 6. The summed E-state index contributed by atoms with van der Waals surface area (Å²) >= 11 is 5.96. The zero-order valence-electron chi connectivity index (χ0n) is 17.4. The van der Waals surface area contributed by atoms with Crippen LogP contribution in [0.4, 0.5) is 0 Å². The first-order valence-corrected chi connectivity index (χ1v) is 10.6. The summed E-state index contributed by atoms with van der Waals surface area (Å²) in [4.78, 5) is 27.3. The summed E-state index contributed by atoms with van der Waals surface area (Å²) in [6.07, 6.45) is 0.678. The van der Waals surface area contributed by atoms with Crippen LogP contribution in [-0.4, -0.2) is 73.1 Å². The Bertz CT molecular complexity index is 971. The van der Waals surface area contributed by atoms with Crippen molar-refractivity contribution in [1.29, 1.82) is 0 Å². The van der Waals surface area contributed by atoms with E-state index in [-0.39, 0.29) is 11.8 Å². The molecule has 0 unspecified atom stereocenters. The largest absolute Gasteiger partial charge is 0.496 e. The summed E-state index contributed by atoms with van der Waals surface area (Å²) < 4.78 is 18.0. The average molecular weight is 449 g/mol. The molecule has 0 radical (unpaired) electrons. The van der Waals surface area contributed by atoms with Gasteiger partial charge >= 0.3 is 0 Å². The predicted molar refractivity (Wildman–Crippen MR) is 113 cm³/mol. The molecule has 3 heterocycles. The number of carbonyl (C=O) groups excluding carboxylic acids is 2. The lowest BCUT2D eigenvalue weighted by Crippen LogP contribution is -2.41. The second-order valence-corrected chi connectivity index (χ2v) is 7.74. The Labute approximate surface area is 185 Å². The van der Waals surface area contributed by atoms with E-state index in [9.17, 15) is 9.59 Å². The van der Waals surface area contributed by atoms with Gasteiger partial charge in [0.05, 0.1) is 45.6 Å². The minimum absolute atomic E-state index is 0.0984. The lowest BCUT2D eigenvalue weighted by molar-refractivity contribution is 0.0294. The van der Waals surface area contributed by atoms with Crippen LogP contribution < -0.4 is 10.1 Å². The van der Waals surface area contributed by atoms with Gasteiger partial charge in [-0.25, -0.2) is 0 Å². The maximum atomic E-state index is 13.0. The molecule has 9 nitrogen and oxygen atoms in total. The van der Waals surface area contributed by atoms with Gasteiger partial charge in [-0.05, 0) is 18.2 Å². The van der Waals surface area contributed by atoms with E-state index in [1.807, 2.05) is 4.68 Å². The molecule has 1 fully saturated rings. The Morgan fingerprint density at radius 2 is 2.03 bits per heavy atom. The van der Waals surface area contributed by atoms with Crippen molar-refractivity contribution in [1.82, 2.24) is 20.0 Å². The second kappa shape index (κ2) is 9.67. The van der Waals surface area contributed by atoms with Crippen LogP contribution in [0.5, 0.6) is 5.75 Å². The standard InChI is InChI=1S/C21H25ClN4O5/c1-29-18-12-14(22)2-3-15(18)20(27)23-5-6-26-17-4-9-31-13-16(17)19(24-26)21(28)25-7-10-30-11-8-25/h2-3,12H,4-11,13H2,1H3,(H,23,27). The lowest BCUT2D eigenvalue weighted by atomic mass is 10.1. The highest BCUT2D eigenvalue weighted by molar-refractivity contribution is 6.30. The molecule has 0 spiro atoms. The Balaban J connectivity index is 1.46. The molecule has 0 bridgehead atoms. The maximum Gasteiger partial charge on any atom is 0.274 e. The molecule has 1 aromatic carbocycles. The third-order valence-corrected chi connectivity index (χ3v) is 5.65. The second-order valence-electron chi connectivity index (χ2n) is 7.30. The average Bonchev–Trinajstić information content (AvgIpc) is 3.17. The molecule has 1 saturated heterocycles. The van der Waals surface area contributed by atoms with Crippen LogP contribution >= 0.6 is 11.6 Å². The van der Waals surface area contributed by atoms with E-state index < -0.39 is 0 Å². The predicted octanol–water partition coefficient (Wildman–Crippen LogP) is 1.52. The molecule has 166 valence electrons. The van der Waals surface area contributed by atoms with Gasteiger partial charge in [-0.15, -0.1) is 0 Å². The molecule has 4 rings (SSSR count). The molecule has 0 atom stereocenters. The van der Waals surface area contributed by atoms with E-state index in [0.29, 0.717) is 81.1 Å². The highest BCUT2D eigenvalue weighted by atomic mass is 35.5. The summed E-state index contributed by atoms with van der Waals surface area (Å²) in [5.74, 6) is 0.0539. The fourth-order valence-electron chi connectivity index (χ4n) is 3.80. The van der Waals surface area contributed by atoms with Crippen molar-refractivity contribution < 1.29 is 23.8 Å². The molecule has 10 heteroatoms. The number of hydrogen-bond donors (Lipinski definition) is 1. The number of rotatable bonds is 6. The van der Waals surface area contributed by atoms with Crippen molar-refractivity contribution in [2.75, 3.05) is 46.6 Å². The van der Waals surface area contributed by atoms with E-state index in [4.69, 9.17) is 25.8 Å². The highest BCUT2D eigenvalue weighted by Crippen LogP contribution is 2.24. The van der Waals surface area contributed by atoms with Gasteiger partial charge in [0, 0.05) is 42.3 Å². The van der Waals surface area contributed by atoms with Crippen LogP contribution in [0.3, 0.4) is 0 Å². The zero-order valence-corrected chi connectivity index (χ0v) is 18.1.